The smallest absolute Gasteiger partial charge is 0.163 e. The molecule has 0 spiro atoms. The van der Waals surface area contributed by atoms with E-state index in [1.165, 1.54) is 6.33 Å². The van der Waals surface area contributed by atoms with E-state index < -0.39 is 5.79 Å². The lowest BCUT2D eigenvalue weighted by Gasteiger charge is -2.17. The van der Waals surface area contributed by atoms with Crippen molar-refractivity contribution in [2.45, 2.75) is 25.7 Å². The van der Waals surface area contributed by atoms with Gasteiger partial charge in [0.25, 0.3) is 0 Å². The zero-order valence-corrected chi connectivity index (χ0v) is 11.3. The van der Waals surface area contributed by atoms with E-state index in [0.29, 0.717) is 13.2 Å². The van der Waals surface area contributed by atoms with E-state index in [-0.39, 0.29) is 6.10 Å². The van der Waals surface area contributed by atoms with Gasteiger partial charge in [-0.25, -0.2) is 9.97 Å². The maximum Gasteiger partial charge on any atom is 0.163 e. The topological polar surface area (TPSA) is 74.1 Å². The Kier molecular flexibility index (Phi) is 2.87. The molecule has 0 radical (unpaired) electrons. The number of anilines is 1. The van der Waals surface area contributed by atoms with Crippen LogP contribution in [-0.4, -0.2) is 44.8 Å². The van der Waals surface area contributed by atoms with Crippen LogP contribution >= 0.6 is 0 Å². The van der Waals surface area contributed by atoms with Crippen LogP contribution in [0.1, 0.15) is 13.8 Å². The first-order valence-electron chi connectivity index (χ1n) is 6.23. The molecule has 1 aliphatic heterocycles. The fourth-order valence-corrected chi connectivity index (χ4v) is 2.18. The van der Waals surface area contributed by atoms with E-state index in [2.05, 4.69) is 20.4 Å². The summed E-state index contributed by atoms with van der Waals surface area (Å²) in [6.07, 6.45) is 3.31. The van der Waals surface area contributed by atoms with Gasteiger partial charge in [0.05, 0.1) is 18.2 Å². The van der Waals surface area contributed by atoms with Gasteiger partial charge in [-0.2, -0.15) is 5.10 Å². The van der Waals surface area contributed by atoms with Crippen molar-refractivity contribution < 1.29 is 9.47 Å². The van der Waals surface area contributed by atoms with E-state index >= 15 is 0 Å². The molecule has 1 aliphatic rings. The minimum Gasteiger partial charge on any atom is -0.367 e. The third-order valence-electron chi connectivity index (χ3n) is 3.09. The molecule has 0 amide bonds. The average molecular weight is 263 g/mol. The van der Waals surface area contributed by atoms with Crippen molar-refractivity contribution in [3.05, 3.63) is 12.5 Å². The molecule has 0 saturated carbocycles. The highest BCUT2D eigenvalue weighted by Gasteiger charge is 2.32. The molecule has 102 valence electrons. The second-order valence-electron chi connectivity index (χ2n) is 5.06. The van der Waals surface area contributed by atoms with Crippen LogP contribution in [0.4, 0.5) is 5.82 Å². The van der Waals surface area contributed by atoms with E-state index in [1.54, 1.807) is 10.9 Å². The lowest BCUT2D eigenvalue weighted by atomic mass is 10.3. The third-order valence-corrected chi connectivity index (χ3v) is 3.09. The number of ether oxygens (including phenoxy) is 2. The van der Waals surface area contributed by atoms with Gasteiger partial charge in [0.2, 0.25) is 0 Å². The van der Waals surface area contributed by atoms with Crippen molar-refractivity contribution in [2.75, 3.05) is 18.5 Å². The second kappa shape index (κ2) is 4.43. The Bertz CT molecular complexity index is 595. The molecular formula is C12H17N5O2. The van der Waals surface area contributed by atoms with Crippen molar-refractivity contribution in [1.82, 2.24) is 19.7 Å². The standard InChI is InChI=1S/C12H17N5O2/c1-12(2)18-6-8(19-12)4-13-10-9-5-16-17(3)11(9)15-7-14-10/h5,7-8H,4,6H2,1-3H3,(H,13,14,15). The zero-order chi connectivity index (χ0) is 13.5. The Labute approximate surface area is 110 Å². The number of aromatic nitrogens is 4. The average Bonchev–Trinajstić information content (AvgIpc) is 2.91. The summed E-state index contributed by atoms with van der Waals surface area (Å²) >= 11 is 0. The van der Waals surface area contributed by atoms with Crippen LogP contribution in [0.5, 0.6) is 0 Å². The van der Waals surface area contributed by atoms with E-state index in [1.807, 2.05) is 20.9 Å². The fourth-order valence-electron chi connectivity index (χ4n) is 2.18. The molecule has 1 N–H and O–H groups in total. The van der Waals surface area contributed by atoms with Gasteiger partial charge in [-0.1, -0.05) is 0 Å². The van der Waals surface area contributed by atoms with Gasteiger partial charge in [-0.05, 0) is 13.8 Å². The molecule has 7 nitrogen and oxygen atoms in total. The molecule has 1 saturated heterocycles. The largest absolute Gasteiger partial charge is 0.367 e. The molecule has 0 aliphatic carbocycles. The molecule has 3 rings (SSSR count). The fraction of sp³-hybridized carbons (Fsp3) is 0.583. The normalized spacial score (nSPS) is 21.9. The summed E-state index contributed by atoms with van der Waals surface area (Å²) in [6, 6.07) is 0. The Morgan fingerprint density at radius 3 is 3.05 bits per heavy atom. The first kappa shape index (κ1) is 12.3. The van der Waals surface area contributed by atoms with Crippen LogP contribution in [0.25, 0.3) is 11.0 Å². The Balaban J connectivity index is 1.72. The maximum atomic E-state index is 5.74. The van der Waals surface area contributed by atoms with E-state index in [0.717, 1.165) is 16.9 Å². The Hall–Kier alpha value is -1.73. The van der Waals surface area contributed by atoms with Crippen molar-refractivity contribution in [3.63, 3.8) is 0 Å². The summed E-state index contributed by atoms with van der Waals surface area (Å²) in [5, 5.41) is 8.35. The van der Waals surface area contributed by atoms with Gasteiger partial charge >= 0.3 is 0 Å². The number of aryl methyl sites for hydroxylation is 1. The van der Waals surface area contributed by atoms with Gasteiger partial charge in [0, 0.05) is 13.6 Å². The highest BCUT2D eigenvalue weighted by Crippen LogP contribution is 2.23. The van der Waals surface area contributed by atoms with Gasteiger partial charge < -0.3 is 14.8 Å². The summed E-state index contributed by atoms with van der Waals surface area (Å²) in [7, 11) is 1.86. The predicted octanol–water partition coefficient (Wildman–Crippen LogP) is 0.927. The van der Waals surface area contributed by atoms with E-state index in [9.17, 15) is 0 Å². The third kappa shape index (κ3) is 2.39. The van der Waals surface area contributed by atoms with Crippen molar-refractivity contribution in [3.8, 4) is 0 Å². The molecule has 3 heterocycles. The number of hydrogen-bond donors (Lipinski definition) is 1. The highest BCUT2D eigenvalue weighted by molar-refractivity contribution is 5.85. The number of rotatable bonds is 3. The van der Waals surface area contributed by atoms with Crippen LogP contribution in [-0.2, 0) is 16.5 Å². The van der Waals surface area contributed by atoms with Crippen molar-refractivity contribution in [2.24, 2.45) is 7.05 Å². The first-order valence-corrected chi connectivity index (χ1v) is 6.23. The zero-order valence-electron chi connectivity index (χ0n) is 11.3. The summed E-state index contributed by atoms with van der Waals surface area (Å²) in [4.78, 5) is 8.44. The molecule has 2 aromatic heterocycles. The quantitative estimate of drug-likeness (QED) is 0.888. The van der Waals surface area contributed by atoms with E-state index in [4.69, 9.17) is 9.47 Å². The predicted molar refractivity (Wildman–Crippen MR) is 69.7 cm³/mol. The van der Waals surface area contributed by atoms with Crippen molar-refractivity contribution >= 4 is 16.9 Å². The van der Waals surface area contributed by atoms with Gasteiger partial charge in [-0.15, -0.1) is 0 Å². The molecule has 19 heavy (non-hydrogen) atoms. The Morgan fingerprint density at radius 1 is 1.47 bits per heavy atom. The molecular weight excluding hydrogens is 246 g/mol. The maximum absolute atomic E-state index is 5.74. The minimum absolute atomic E-state index is 0.0247. The molecule has 1 fully saturated rings. The number of nitrogens with one attached hydrogen (secondary N) is 1. The van der Waals surface area contributed by atoms with Crippen LogP contribution in [0, 0.1) is 0 Å². The van der Waals surface area contributed by atoms with Crippen molar-refractivity contribution in [1.29, 1.82) is 0 Å². The van der Waals surface area contributed by atoms with Gasteiger partial charge in [0.1, 0.15) is 18.2 Å². The van der Waals surface area contributed by atoms with Crippen LogP contribution in [0.2, 0.25) is 0 Å². The number of fused-ring (bicyclic) bond motifs is 1. The summed E-state index contributed by atoms with van der Waals surface area (Å²) in [6.45, 7) is 5.06. The number of hydrogen-bond acceptors (Lipinski definition) is 6. The summed E-state index contributed by atoms with van der Waals surface area (Å²) in [5.41, 5.74) is 0.807. The van der Waals surface area contributed by atoms with Gasteiger partial charge in [-0.3, -0.25) is 4.68 Å². The molecule has 0 bridgehead atoms. The minimum atomic E-state index is -0.498. The molecule has 7 heteroatoms. The van der Waals surface area contributed by atoms with Gasteiger partial charge in [0.15, 0.2) is 11.4 Å². The molecule has 2 aromatic rings. The number of nitrogens with zero attached hydrogens (tertiary/aromatic N) is 4. The molecule has 0 aromatic carbocycles. The lowest BCUT2D eigenvalue weighted by molar-refractivity contribution is -0.136. The van der Waals surface area contributed by atoms with Crippen LogP contribution < -0.4 is 5.32 Å². The lowest BCUT2D eigenvalue weighted by Crippen LogP contribution is -2.26. The summed E-state index contributed by atoms with van der Waals surface area (Å²) < 4.78 is 13.0. The highest BCUT2D eigenvalue weighted by atomic mass is 16.7. The Morgan fingerprint density at radius 2 is 2.32 bits per heavy atom. The molecule has 1 atom stereocenters. The van der Waals surface area contributed by atoms with Crippen LogP contribution in [0.15, 0.2) is 12.5 Å². The SMILES string of the molecule is Cn1ncc2c(NCC3COC(C)(C)O3)ncnc21. The van der Waals surface area contributed by atoms with Crippen LogP contribution in [0.3, 0.4) is 0 Å². The first-order chi connectivity index (χ1) is 9.05. The monoisotopic (exact) mass is 263 g/mol. The second-order valence-corrected chi connectivity index (χ2v) is 5.06. The summed E-state index contributed by atoms with van der Waals surface area (Å²) in [5.74, 6) is 0.271. The molecule has 1 unspecified atom stereocenters.